The molecule has 23 heavy (non-hydrogen) atoms. The van der Waals surface area contributed by atoms with Crippen LogP contribution < -0.4 is 5.56 Å². The second-order valence-corrected chi connectivity index (χ2v) is 7.58. The first-order valence-electron chi connectivity index (χ1n) is 6.90. The van der Waals surface area contributed by atoms with E-state index >= 15 is 0 Å². The number of nitrogens with zero attached hydrogens (tertiary/aromatic N) is 2. The topological polar surface area (TPSA) is 69.0 Å². The van der Waals surface area contributed by atoms with Crippen molar-refractivity contribution in [3.8, 4) is 0 Å². The van der Waals surface area contributed by atoms with Crippen LogP contribution in [-0.4, -0.2) is 23.7 Å². The molecule has 1 aromatic heterocycles. The molecule has 5 nitrogen and oxygen atoms in total. The van der Waals surface area contributed by atoms with Gasteiger partial charge in [-0.2, -0.15) is 0 Å². The number of para-hydroxylation sites is 1. The van der Waals surface area contributed by atoms with E-state index in [0.29, 0.717) is 15.9 Å². The zero-order valence-corrected chi connectivity index (χ0v) is 13.6. The number of hydrogen-bond acceptors (Lipinski definition) is 4. The minimum absolute atomic E-state index is 0.0433. The Morgan fingerprint density at radius 3 is 2.48 bits per heavy atom. The largest absolute Gasteiger partial charge is 0.298 e. The average Bonchev–Trinajstić information content (AvgIpc) is 2.55. The smallest absolute Gasteiger partial charge is 0.261 e. The van der Waals surface area contributed by atoms with Crippen LogP contribution in [0.15, 0.2) is 64.5 Å². The monoisotopic (exact) mass is 348 g/mol. The van der Waals surface area contributed by atoms with E-state index in [2.05, 4.69) is 4.98 Å². The number of rotatable bonds is 4. The third-order valence-electron chi connectivity index (χ3n) is 3.51. The van der Waals surface area contributed by atoms with Crippen LogP contribution in [0.4, 0.5) is 0 Å². The molecule has 0 bridgehead atoms. The molecule has 0 aliphatic carbocycles. The van der Waals surface area contributed by atoms with E-state index in [1.165, 1.54) is 35.2 Å². The number of aromatic nitrogens is 2. The van der Waals surface area contributed by atoms with Crippen molar-refractivity contribution in [2.24, 2.45) is 0 Å². The van der Waals surface area contributed by atoms with Gasteiger partial charge in [-0.3, -0.25) is 9.36 Å². The summed E-state index contributed by atoms with van der Waals surface area (Å²) in [6, 6.07) is 12.9. The van der Waals surface area contributed by atoms with Gasteiger partial charge in [-0.05, 0) is 36.4 Å². The van der Waals surface area contributed by atoms with Gasteiger partial charge >= 0.3 is 0 Å². The molecular weight excluding hydrogens is 336 g/mol. The molecule has 3 aromatic rings. The highest BCUT2D eigenvalue weighted by molar-refractivity contribution is 7.91. The quantitative estimate of drug-likeness (QED) is 0.726. The van der Waals surface area contributed by atoms with Crippen LogP contribution in [0.3, 0.4) is 0 Å². The molecule has 0 unspecified atom stereocenters. The van der Waals surface area contributed by atoms with Gasteiger partial charge in [-0.25, -0.2) is 13.4 Å². The Balaban J connectivity index is 1.87. The molecule has 0 amide bonds. The van der Waals surface area contributed by atoms with E-state index in [1.807, 2.05) is 0 Å². The molecule has 0 aliphatic heterocycles. The molecule has 1 heterocycles. The van der Waals surface area contributed by atoms with E-state index in [0.717, 1.165) is 0 Å². The maximum Gasteiger partial charge on any atom is 0.261 e. The standard InChI is InChI=1S/C16H13ClN2O3S/c17-12-5-7-13(8-6-12)23(21,22)10-9-19-11-18-15-4-2-1-3-14(15)16(19)20/h1-8,11H,9-10H2. The molecule has 3 rings (SSSR count). The SMILES string of the molecule is O=c1c2ccccc2ncn1CCS(=O)(=O)c1ccc(Cl)cc1. The van der Waals surface area contributed by atoms with Crippen molar-refractivity contribution in [3.05, 3.63) is 70.2 Å². The molecule has 0 N–H and O–H groups in total. The van der Waals surface area contributed by atoms with E-state index in [9.17, 15) is 13.2 Å². The molecular formula is C16H13ClN2O3S. The molecule has 0 saturated heterocycles. The molecule has 0 atom stereocenters. The molecule has 0 radical (unpaired) electrons. The second-order valence-electron chi connectivity index (χ2n) is 5.03. The van der Waals surface area contributed by atoms with Gasteiger partial charge < -0.3 is 0 Å². The van der Waals surface area contributed by atoms with Gasteiger partial charge in [0.05, 0.1) is 27.9 Å². The van der Waals surface area contributed by atoms with Crippen LogP contribution in [0.25, 0.3) is 10.9 Å². The Hall–Kier alpha value is -2.18. The Bertz CT molecular complexity index is 1010. The van der Waals surface area contributed by atoms with Crippen LogP contribution in [-0.2, 0) is 16.4 Å². The number of halogens is 1. The number of sulfone groups is 1. The number of fused-ring (bicyclic) bond motifs is 1. The Kier molecular flexibility index (Phi) is 4.19. The highest BCUT2D eigenvalue weighted by atomic mass is 35.5. The lowest BCUT2D eigenvalue weighted by Gasteiger charge is -2.08. The Labute approximate surface area is 138 Å². The summed E-state index contributed by atoms with van der Waals surface area (Å²) in [6.45, 7) is 0.0433. The fourth-order valence-corrected chi connectivity index (χ4v) is 3.59. The van der Waals surface area contributed by atoms with Gasteiger partial charge in [0.1, 0.15) is 0 Å². The van der Waals surface area contributed by atoms with Crippen molar-refractivity contribution < 1.29 is 8.42 Å². The zero-order chi connectivity index (χ0) is 16.4. The molecule has 7 heteroatoms. The van der Waals surface area contributed by atoms with Crippen LogP contribution >= 0.6 is 11.6 Å². The van der Waals surface area contributed by atoms with Crippen molar-refractivity contribution in [1.29, 1.82) is 0 Å². The lowest BCUT2D eigenvalue weighted by molar-refractivity contribution is 0.586. The second kappa shape index (κ2) is 6.14. The molecule has 0 fully saturated rings. The van der Waals surface area contributed by atoms with Crippen LogP contribution in [0.1, 0.15) is 0 Å². The first kappa shape index (κ1) is 15.7. The summed E-state index contributed by atoms with van der Waals surface area (Å²) in [4.78, 5) is 16.7. The third-order valence-corrected chi connectivity index (χ3v) is 5.47. The number of aryl methyl sites for hydroxylation is 1. The lowest BCUT2D eigenvalue weighted by Crippen LogP contribution is -2.24. The maximum absolute atomic E-state index is 12.3. The van der Waals surface area contributed by atoms with Crippen molar-refractivity contribution in [2.45, 2.75) is 11.4 Å². The molecule has 0 saturated carbocycles. The highest BCUT2D eigenvalue weighted by Crippen LogP contribution is 2.15. The van der Waals surface area contributed by atoms with Crippen LogP contribution in [0, 0.1) is 0 Å². The number of hydrogen-bond donors (Lipinski definition) is 0. The third kappa shape index (κ3) is 3.28. The first-order valence-corrected chi connectivity index (χ1v) is 8.93. The van der Waals surface area contributed by atoms with Crippen molar-refractivity contribution in [2.75, 3.05) is 5.75 Å². The fraction of sp³-hybridized carbons (Fsp3) is 0.125. The van der Waals surface area contributed by atoms with Crippen LogP contribution in [0.5, 0.6) is 0 Å². The minimum Gasteiger partial charge on any atom is -0.298 e. The number of benzene rings is 2. The maximum atomic E-state index is 12.3. The van der Waals surface area contributed by atoms with Gasteiger partial charge in [-0.15, -0.1) is 0 Å². The summed E-state index contributed by atoms with van der Waals surface area (Å²) in [5.41, 5.74) is 0.344. The first-order chi connectivity index (χ1) is 11.0. The van der Waals surface area contributed by atoms with Gasteiger partial charge in [0.2, 0.25) is 0 Å². The molecule has 0 aliphatic rings. The summed E-state index contributed by atoms with van der Waals surface area (Å²) in [5, 5.41) is 0.942. The predicted octanol–water partition coefficient (Wildman–Crippen LogP) is 2.52. The minimum atomic E-state index is -3.49. The summed E-state index contributed by atoms with van der Waals surface area (Å²) < 4.78 is 25.9. The summed E-state index contributed by atoms with van der Waals surface area (Å²) in [6.07, 6.45) is 1.38. The van der Waals surface area contributed by atoms with E-state index in [4.69, 9.17) is 11.6 Å². The Morgan fingerprint density at radius 2 is 1.74 bits per heavy atom. The van der Waals surface area contributed by atoms with E-state index in [-0.39, 0.29) is 22.8 Å². The van der Waals surface area contributed by atoms with Crippen molar-refractivity contribution >= 4 is 32.3 Å². The van der Waals surface area contributed by atoms with Crippen LogP contribution in [0.2, 0.25) is 5.02 Å². The summed E-state index contributed by atoms with van der Waals surface area (Å²) in [5.74, 6) is -0.186. The van der Waals surface area contributed by atoms with Gasteiger partial charge in [0, 0.05) is 11.6 Å². The normalized spacial score (nSPS) is 11.7. The fourth-order valence-electron chi connectivity index (χ4n) is 2.24. The molecule has 2 aromatic carbocycles. The summed E-state index contributed by atoms with van der Waals surface area (Å²) in [7, 11) is -3.49. The van der Waals surface area contributed by atoms with Gasteiger partial charge in [0.15, 0.2) is 9.84 Å². The highest BCUT2D eigenvalue weighted by Gasteiger charge is 2.15. The molecule has 118 valence electrons. The summed E-state index contributed by atoms with van der Waals surface area (Å²) >= 11 is 5.76. The van der Waals surface area contributed by atoms with Gasteiger partial charge in [-0.1, -0.05) is 23.7 Å². The average molecular weight is 349 g/mol. The van der Waals surface area contributed by atoms with E-state index < -0.39 is 9.84 Å². The molecule has 0 spiro atoms. The van der Waals surface area contributed by atoms with Gasteiger partial charge in [0.25, 0.3) is 5.56 Å². The Morgan fingerprint density at radius 1 is 1.04 bits per heavy atom. The van der Waals surface area contributed by atoms with E-state index in [1.54, 1.807) is 24.3 Å². The predicted molar refractivity (Wildman–Crippen MR) is 89.5 cm³/mol. The van der Waals surface area contributed by atoms with Crippen molar-refractivity contribution in [1.82, 2.24) is 9.55 Å². The zero-order valence-electron chi connectivity index (χ0n) is 12.0. The lowest BCUT2D eigenvalue weighted by atomic mass is 10.2. The van der Waals surface area contributed by atoms with Crippen molar-refractivity contribution in [3.63, 3.8) is 0 Å².